The van der Waals surface area contributed by atoms with E-state index in [2.05, 4.69) is 31.9 Å². The molecule has 9 unspecified atom stereocenters. The Morgan fingerprint density at radius 2 is 1.67 bits per heavy atom. The fourth-order valence-electron chi connectivity index (χ4n) is 5.94. The molecule has 5 rings (SSSR count). The van der Waals surface area contributed by atoms with Crippen LogP contribution in [0.5, 0.6) is 0 Å². The first-order chi connectivity index (χ1) is 16.1. The van der Waals surface area contributed by atoms with Crippen molar-refractivity contribution in [3.63, 3.8) is 0 Å². The first-order valence-corrected chi connectivity index (χ1v) is 14.0. The molecule has 5 aliphatic rings. The van der Waals surface area contributed by atoms with E-state index in [0.717, 1.165) is 32.1 Å². The first-order valence-electron chi connectivity index (χ1n) is 12.1. The van der Waals surface area contributed by atoms with E-state index in [1.165, 1.54) is 24.2 Å². The summed E-state index contributed by atoms with van der Waals surface area (Å²) in [7, 11) is 5.32. The lowest BCUT2D eigenvalue weighted by Gasteiger charge is -2.41. The summed E-state index contributed by atoms with van der Waals surface area (Å²) >= 11 is 3.54. The van der Waals surface area contributed by atoms with Gasteiger partial charge in [-0.2, -0.15) is 0 Å². The lowest BCUT2D eigenvalue weighted by molar-refractivity contribution is 0.0274. The minimum atomic E-state index is -0.0791. The number of hydrogen-bond acceptors (Lipinski definition) is 12. The van der Waals surface area contributed by atoms with Gasteiger partial charge in [0, 0.05) is 50.9 Å². The van der Waals surface area contributed by atoms with Gasteiger partial charge in [-0.05, 0) is 32.1 Å². The van der Waals surface area contributed by atoms with Crippen LogP contribution in [0.25, 0.3) is 0 Å². The molecule has 3 heterocycles. The van der Waals surface area contributed by atoms with Crippen LogP contribution in [0, 0.1) is 5.92 Å². The Kier molecular flexibility index (Phi) is 7.97. The smallest absolute Gasteiger partial charge is 0.171 e. The van der Waals surface area contributed by atoms with Gasteiger partial charge in [-0.3, -0.25) is 0 Å². The minimum Gasteiger partial charge on any atom is -0.381 e. The third kappa shape index (κ3) is 4.89. The zero-order chi connectivity index (χ0) is 22.9. The lowest BCUT2D eigenvalue weighted by Crippen LogP contribution is -2.54. The zero-order valence-electron chi connectivity index (χ0n) is 19.7. The molecule has 188 valence electrons. The third-order valence-corrected chi connectivity index (χ3v) is 10.0. The van der Waals surface area contributed by atoms with Gasteiger partial charge in [0.1, 0.15) is 11.3 Å². The Morgan fingerprint density at radius 1 is 0.909 bits per heavy atom. The number of nitrogens with one attached hydrogen (secondary N) is 5. The summed E-state index contributed by atoms with van der Waals surface area (Å²) in [6.07, 6.45) is 8.08. The van der Waals surface area contributed by atoms with E-state index >= 15 is 0 Å². The number of ether oxygens (including phenoxy) is 3. The summed E-state index contributed by atoms with van der Waals surface area (Å²) in [6.45, 7) is 0. The Morgan fingerprint density at radius 3 is 2.36 bits per heavy atom. The molecule has 4 fully saturated rings. The summed E-state index contributed by atoms with van der Waals surface area (Å²) in [5.41, 5.74) is 21.5. The molecule has 0 aromatic carbocycles. The van der Waals surface area contributed by atoms with Crippen molar-refractivity contribution in [2.75, 3.05) is 21.3 Å². The highest BCUT2D eigenvalue weighted by Crippen LogP contribution is 2.49. The first kappa shape index (κ1) is 24.4. The second-order valence-electron chi connectivity index (χ2n) is 9.47. The lowest BCUT2D eigenvalue weighted by atomic mass is 9.80. The molecule has 33 heavy (non-hydrogen) atoms. The second-order valence-corrected chi connectivity index (χ2v) is 11.8. The standard InChI is InChI=1S/C21H39N7O3S2/c1-29-11-8-9-15-12(10-11)16(18-24-26-20(30-2)32-18)17(23-14-7-5-4-6-13(14)22)28(15)19-25-27-21(31-3)33-19/h11-15,18-21,23-27H,4-10,22H2,1-3H3. The summed E-state index contributed by atoms with van der Waals surface area (Å²) in [4.78, 5) is 2.56. The molecule has 10 nitrogen and oxygen atoms in total. The maximum absolute atomic E-state index is 6.60. The Balaban J connectivity index is 1.51. The maximum Gasteiger partial charge on any atom is 0.171 e. The number of thioether (sulfide) groups is 2. The molecule has 12 heteroatoms. The van der Waals surface area contributed by atoms with Gasteiger partial charge in [0.2, 0.25) is 0 Å². The van der Waals surface area contributed by atoms with E-state index in [9.17, 15) is 0 Å². The molecule has 0 aromatic heterocycles. The van der Waals surface area contributed by atoms with Crippen molar-refractivity contribution in [2.24, 2.45) is 11.7 Å². The zero-order valence-corrected chi connectivity index (χ0v) is 21.3. The SMILES string of the molecule is COC1CCC2C(C1)C(C1NNC(OC)S1)=C(NC1CCCCC1N)N2C1NNC(OC)S1. The molecule has 0 aromatic rings. The van der Waals surface area contributed by atoms with Crippen LogP contribution >= 0.6 is 23.5 Å². The van der Waals surface area contributed by atoms with E-state index in [4.69, 9.17) is 19.9 Å². The van der Waals surface area contributed by atoms with Crippen molar-refractivity contribution in [3.8, 4) is 0 Å². The summed E-state index contributed by atoms with van der Waals surface area (Å²) < 4.78 is 17.0. The van der Waals surface area contributed by atoms with Crippen LogP contribution in [0.15, 0.2) is 11.4 Å². The molecule has 2 saturated heterocycles. The predicted molar refractivity (Wildman–Crippen MR) is 131 cm³/mol. The van der Waals surface area contributed by atoms with Crippen molar-refractivity contribution in [2.45, 2.75) is 91.2 Å². The monoisotopic (exact) mass is 501 g/mol. The number of hydrazine groups is 2. The molecule has 0 amide bonds. The number of hydrogen-bond donors (Lipinski definition) is 6. The number of nitrogens with zero attached hydrogens (tertiary/aromatic N) is 1. The average molecular weight is 502 g/mol. The average Bonchev–Trinajstić information content (AvgIpc) is 3.56. The fraction of sp³-hybridized carbons (Fsp3) is 0.905. The van der Waals surface area contributed by atoms with E-state index in [1.54, 1.807) is 37.7 Å². The summed E-state index contributed by atoms with van der Waals surface area (Å²) in [6, 6.07) is 0.840. The van der Waals surface area contributed by atoms with Crippen molar-refractivity contribution < 1.29 is 14.2 Å². The highest BCUT2D eigenvalue weighted by Gasteiger charge is 2.51. The second kappa shape index (κ2) is 10.8. The number of rotatable bonds is 7. The van der Waals surface area contributed by atoms with E-state index in [-0.39, 0.29) is 40.2 Å². The Hall–Kier alpha value is -0.280. The van der Waals surface area contributed by atoms with Crippen LogP contribution < -0.4 is 32.8 Å². The Labute approximate surface area is 205 Å². The van der Waals surface area contributed by atoms with Crippen molar-refractivity contribution >= 4 is 23.5 Å². The molecule has 3 aliphatic heterocycles. The topological polar surface area (TPSA) is 117 Å². The molecule has 9 atom stereocenters. The van der Waals surface area contributed by atoms with Crippen molar-refractivity contribution in [1.82, 2.24) is 31.9 Å². The van der Waals surface area contributed by atoms with Gasteiger partial charge in [0.15, 0.2) is 11.1 Å². The molecule has 2 aliphatic carbocycles. The van der Waals surface area contributed by atoms with Gasteiger partial charge < -0.3 is 30.2 Å². The van der Waals surface area contributed by atoms with Crippen LogP contribution in [0.4, 0.5) is 0 Å². The van der Waals surface area contributed by atoms with Crippen LogP contribution in [0.1, 0.15) is 44.9 Å². The number of nitrogens with two attached hydrogens (primary N) is 1. The molecule has 0 bridgehead atoms. The fourth-order valence-corrected chi connectivity index (χ4v) is 8.02. The van der Waals surface area contributed by atoms with Gasteiger partial charge in [0.25, 0.3) is 0 Å². The van der Waals surface area contributed by atoms with Crippen LogP contribution in [-0.2, 0) is 14.2 Å². The van der Waals surface area contributed by atoms with E-state index in [0.29, 0.717) is 12.0 Å². The van der Waals surface area contributed by atoms with Crippen molar-refractivity contribution in [1.29, 1.82) is 0 Å². The quantitative estimate of drug-likeness (QED) is 0.295. The van der Waals surface area contributed by atoms with Crippen LogP contribution in [0.2, 0.25) is 0 Å². The van der Waals surface area contributed by atoms with Gasteiger partial charge in [-0.25, -0.2) is 21.7 Å². The molecular weight excluding hydrogens is 462 g/mol. The summed E-state index contributed by atoms with van der Waals surface area (Å²) in [5.74, 6) is 1.61. The minimum absolute atomic E-state index is 0.0685. The predicted octanol–water partition coefficient (Wildman–Crippen LogP) is 0.709. The highest BCUT2D eigenvalue weighted by molar-refractivity contribution is 8.00. The van der Waals surface area contributed by atoms with Gasteiger partial charge >= 0.3 is 0 Å². The Bertz CT molecular complexity index is 719. The molecule has 7 N–H and O–H groups in total. The molecular formula is C21H39N7O3S2. The van der Waals surface area contributed by atoms with Gasteiger partial charge in [-0.1, -0.05) is 36.4 Å². The largest absolute Gasteiger partial charge is 0.381 e. The van der Waals surface area contributed by atoms with Crippen LogP contribution in [0.3, 0.4) is 0 Å². The normalized spacial score (nSPS) is 43.9. The van der Waals surface area contributed by atoms with E-state index in [1.807, 2.05) is 7.11 Å². The molecule has 2 saturated carbocycles. The van der Waals surface area contributed by atoms with Gasteiger partial charge in [-0.15, -0.1) is 0 Å². The van der Waals surface area contributed by atoms with Crippen LogP contribution in [-0.4, -0.2) is 72.5 Å². The highest BCUT2D eigenvalue weighted by atomic mass is 32.2. The maximum atomic E-state index is 6.60. The number of fused-ring (bicyclic) bond motifs is 1. The van der Waals surface area contributed by atoms with Gasteiger partial charge in [0.05, 0.1) is 11.5 Å². The molecule has 0 radical (unpaired) electrons. The summed E-state index contributed by atoms with van der Waals surface area (Å²) in [5, 5.41) is 4.09. The van der Waals surface area contributed by atoms with Crippen molar-refractivity contribution in [3.05, 3.63) is 11.4 Å². The third-order valence-electron chi connectivity index (χ3n) is 7.66. The number of methoxy groups -OCH3 is 3. The van der Waals surface area contributed by atoms with E-state index < -0.39 is 0 Å². The molecule has 0 spiro atoms.